The number of carbonyl (C=O) groups is 2. The van der Waals surface area contributed by atoms with Crippen LogP contribution >= 0.6 is 0 Å². The number of aliphatic carboxylic acids is 1. The van der Waals surface area contributed by atoms with E-state index in [-0.39, 0.29) is 5.69 Å². The lowest BCUT2D eigenvalue weighted by Gasteiger charge is -1.96. The molecule has 0 unspecified atom stereocenters. The molecule has 20 heavy (non-hydrogen) atoms. The Kier molecular flexibility index (Phi) is 3.90. The van der Waals surface area contributed by atoms with Gasteiger partial charge in [-0.1, -0.05) is 0 Å². The Morgan fingerprint density at radius 2 is 1.95 bits per heavy atom. The van der Waals surface area contributed by atoms with E-state index < -0.39 is 17.5 Å². The number of H-pyrrole nitrogens is 1. The number of aromatic nitrogens is 3. The van der Waals surface area contributed by atoms with Crippen molar-refractivity contribution in [1.82, 2.24) is 15.2 Å². The fourth-order valence-corrected chi connectivity index (χ4v) is 1.56. The predicted molar refractivity (Wildman–Crippen MR) is 68.9 cm³/mol. The second-order valence-electron chi connectivity index (χ2n) is 4.01. The fourth-order valence-electron chi connectivity index (χ4n) is 1.56. The number of hydrogen-bond acceptors (Lipinski definition) is 5. The van der Waals surface area contributed by atoms with Crippen LogP contribution in [-0.4, -0.2) is 37.1 Å². The summed E-state index contributed by atoms with van der Waals surface area (Å²) in [7, 11) is 0. The molecule has 0 saturated carbocycles. The molecule has 2 heterocycles. The van der Waals surface area contributed by atoms with Crippen LogP contribution in [0.2, 0.25) is 0 Å². The molecule has 0 bridgehead atoms. The van der Waals surface area contributed by atoms with Crippen molar-refractivity contribution < 1.29 is 19.8 Å². The standard InChI is InChI=1S/C13H11N3O4/c17-11(7-12(18)13(19)20)10-6-9(15-16-10)5-8-1-3-14-4-2-8/h1-4,6-7,17H,5H2,(H,15,16)(H,19,20). The number of pyridine rings is 1. The average molecular weight is 273 g/mol. The lowest BCUT2D eigenvalue weighted by Crippen LogP contribution is -2.09. The van der Waals surface area contributed by atoms with E-state index in [2.05, 4.69) is 15.2 Å². The highest BCUT2D eigenvalue weighted by Crippen LogP contribution is 2.12. The van der Waals surface area contributed by atoms with Gasteiger partial charge in [-0.2, -0.15) is 5.10 Å². The van der Waals surface area contributed by atoms with Crippen LogP contribution in [0.1, 0.15) is 17.0 Å². The molecule has 0 atom stereocenters. The number of ketones is 1. The number of aliphatic hydroxyl groups is 1. The SMILES string of the molecule is O=C(O)C(=O)C=C(O)c1cc(Cc2ccncc2)[nH]n1. The molecule has 3 N–H and O–H groups in total. The third-order valence-electron chi connectivity index (χ3n) is 2.52. The molecule has 0 aliphatic rings. The molecular formula is C13H11N3O4. The number of aliphatic hydroxyl groups excluding tert-OH is 1. The Morgan fingerprint density at radius 3 is 2.60 bits per heavy atom. The molecule has 0 aromatic carbocycles. The summed E-state index contributed by atoms with van der Waals surface area (Å²) in [6, 6.07) is 5.22. The molecule has 7 heteroatoms. The zero-order valence-corrected chi connectivity index (χ0v) is 10.3. The Hall–Kier alpha value is -2.96. The quantitative estimate of drug-likeness (QED) is 0.424. The van der Waals surface area contributed by atoms with Crippen LogP contribution in [0.5, 0.6) is 0 Å². The summed E-state index contributed by atoms with van der Waals surface area (Å²) in [5.41, 5.74) is 1.83. The molecule has 2 aromatic heterocycles. The van der Waals surface area contributed by atoms with Crippen LogP contribution in [0.15, 0.2) is 36.7 Å². The summed E-state index contributed by atoms with van der Waals surface area (Å²) in [6.07, 6.45) is 4.50. The predicted octanol–water partition coefficient (Wildman–Crippen LogP) is 0.948. The molecule has 2 aromatic rings. The van der Waals surface area contributed by atoms with Crippen molar-refractivity contribution in [1.29, 1.82) is 0 Å². The number of carboxylic acids is 1. The van der Waals surface area contributed by atoms with Gasteiger partial charge >= 0.3 is 5.97 Å². The zero-order chi connectivity index (χ0) is 14.5. The van der Waals surface area contributed by atoms with Gasteiger partial charge in [0.05, 0.1) is 0 Å². The summed E-state index contributed by atoms with van der Waals surface area (Å²) < 4.78 is 0. The minimum atomic E-state index is -1.64. The lowest BCUT2D eigenvalue weighted by atomic mass is 10.1. The van der Waals surface area contributed by atoms with Crippen molar-refractivity contribution in [2.45, 2.75) is 6.42 Å². The van der Waals surface area contributed by atoms with E-state index in [9.17, 15) is 14.7 Å². The maximum Gasteiger partial charge on any atom is 0.376 e. The number of nitrogens with one attached hydrogen (secondary N) is 1. The van der Waals surface area contributed by atoms with Crippen LogP contribution in [0.25, 0.3) is 5.76 Å². The average Bonchev–Trinajstić information content (AvgIpc) is 2.88. The highest BCUT2D eigenvalue weighted by atomic mass is 16.4. The molecule has 2 rings (SSSR count). The van der Waals surface area contributed by atoms with Gasteiger partial charge in [0.15, 0.2) is 0 Å². The monoisotopic (exact) mass is 273 g/mol. The summed E-state index contributed by atoms with van der Waals surface area (Å²) >= 11 is 0. The Morgan fingerprint density at radius 1 is 1.25 bits per heavy atom. The normalized spacial score (nSPS) is 11.3. The van der Waals surface area contributed by atoms with Crippen molar-refractivity contribution in [2.75, 3.05) is 0 Å². The van der Waals surface area contributed by atoms with E-state index >= 15 is 0 Å². The number of nitrogens with zero attached hydrogens (tertiary/aromatic N) is 2. The van der Waals surface area contributed by atoms with Gasteiger partial charge in [-0.05, 0) is 23.8 Å². The minimum Gasteiger partial charge on any atom is -0.505 e. The van der Waals surface area contributed by atoms with E-state index in [0.29, 0.717) is 18.2 Å². The maximum atomic E-state index is 10.9. The van der Waals surface area contributed by atoms with Crippen molar-refractivity contribution in [2.24, 2.45) is 0 Å². The molecule has 0 spiro atoms. The first-order chi connectivity index (χ1) is 9.56. The Balaban J connectivity index is 2.13. The smallest absolute Gasteiger partial charge is 0.376 e. The third-order valence-corrected chi connectivity index (χ3v) is 2.52. The molecule has 0 saturated heterocycles. The first-order valence-corrected chi connectivity index (χ1v) is 5.67. The molecular weight excluding hydrogens is 262 g/mol. The van der Waals surface area contributed by atoms with Gasteiger partial charge in [0, 0.05) is 30.6 Å². The number of carboxylic acid groups (broad SMARTS) is 1. The molecule has 0 aliphatic heterocycles. The van der Waals surface area contributed by atoms with Crippen LogP contribution in [0.4, 0.5) is 0 Å². The van der Waals surface area contributed by atoms with Crippen LogP contribution in [-0.2, 0) is 16.0 Å². The number of rotatable bonds is 5. The van der Waals surface area contributed by atoms with E-state index in [1.807, 2.05) is 12.1 Å². The van der Waals surface area contributed by atoms with Crippen LogP contribution in [0.3, 0.4) is 0 Å². The van der Waals surface area contributed by atoms with Crippen molar-refractivity contribution in [3.63, 3.8) is 0 Å². The summed E-state index contributed by atoms with van der Waals surface area (Å²) in [5.74, 6) is -3.33. The second kappa shape index (κ2) is 5.79. The van der Waals surface area contributed by atoms with Crippen molar-refractivity contribution >= 4 is 17.5 Å². The zero-order valence-electron chi connectivity index (χ0n) is 10.3. The van der Waals surface area contributed by atoms with Gasteiger partial charge in [-0.25, -0.2) is 4.79 Å². The Bertz CT molecular complexity index is 661. The number of aromatic amines is 1. The van der Waals surface area contributed by atoms with Gasteiger partial charge in [0.2, 0.25) is 0 Å². The van der Waals surface area contributed by atoms with Crippen molar-refractivity contribution in [3.8, 4) is 0 Å². The largest absolute Gasteiger partial charge is 0.505 e. The molecule has 0 aliphatic carbocycles. The van der Waals surface area contributed by atoms with E-state index in [4.69, 9.17) is 5.11 Å². The molecule has 7 nitrogen and oxygen atoms in total. The van der Waals surface area contributed by atoms with Crippen LogP contribution < -0.4 is 0 Å². The van der Waals surface area contributed by atoms with Crippen molar-refractivity contribution in [3.05, 3.63) is 53.6 Å². The molecule has 0 radical (unpaired) electrons. The molecule has 102 valence electrons. The number of carbonyl (C=O) groups excluding carboxylic acids is 1. The summed E-state index contributed by atoms with van der Waals surface area (Å²) in [6.45, 7) is 0. The van der Waals surface area contributed by atoms with Gasteiger partial charge < -0.3 is 10.2 Å². The first-order valence-electron chi connectivity index (χ1n) is 5.67. The van der Waals surface area contributed by atoms with Gasteiger partial charge in [0.25, 0.3) is 5.78 Å². The van der Waals surface area contributed by atoms with Crippen LogP contribution in [0, 0.1) is 0 Å². The lowest BCUT2D eigenvalue weighted by molar-refractivity contribution is -0.146. The first kappa shape index (κ1) is 13.5. The van der Waals surface area contributed by atoms with E-state index in [1.54, 1.807) is 18.5 Å². The third kappa shape index (κ3) is 3.29. The Labute approximate surface area is 113 Å². The summed E-state index contributed by atoms with van der Waals surface area (Å²) in [5, 5.41) is 24.6. The molecule has 0 amide bonds. The van der Waals surface area contributed by atoms with Gasteiger partial charge in [0.1, 0.15) is 11.5 Å². The highest BCUT2D eigenvalue weighted by molar-refractivity contribution is 6.38. The van der Waals surface area contributed by atoms with E-state index in [1.165, 1.54) is 0 Å². The number of hydrogen-bond donors (Lipinski definition) is 3. The fraction of sp³-hybridized carbons (Fsp3) is 0.0769. The highest BCUT2D eigenvalue weighted by Gasteiger charge is 2.12. The topological polar surface area (TPSA) is 116 Å². The maximum absolute atomic E-state index is 10.9. The summed E-state index contributed by atoms with van der Waals surface area (Å²) in [4.78, 5) is 25.2. The second-order valence-corrected chi connectivity index (χ2v) is 4.01. The van der Waals surface area contributed by atoms with E-state index in [0.717, 1.165) is 5.56 Å². The van der Waals surface area contributed by atoms with Gasteiger partial charge in [-0.15, -0.1) is 0 Å². The molecule has 0 fully saturated rings. The minimum absolute atomic E-state index is 0.114. The van der Waals surface area contributed by atoms with Gasteiger partial charge in [-0.3, -0.25) is 14.9 Å².